The van der Waals surface area contributed by atoms with E-state index in [4.69, 9.17) is 4.74 Å². The number of ether oxygens (including phenoxy) is 1. The van der Waals surface area contributed by atoms with Crippen LogP contribution in [0, 0.1) is 18.3 Å². The number of carbonyl (C=O) groups excluding carboxylic acids is 1. The number of rotatable bonds is 5. The van der Waals surface area contributed by atoms with Crippen molar-refractivity contribution in [2.45, 2.75) is 38.7 Å². The molecular formula is C27H27N5O2. The summed E-state index contributed by atoms with van der Waals surface area (Å²) in [5.41, 5.74) is 3.67. The summed E-state index contributed by atoms with van der Waals surface area (Å²) in [6, 6.07) is 9.90. The summed E-state index contributed by atoms with van der Waals surface area (Å²) in [5.74, 6) is 0.789. The van der Waals surface area contributed by atoms with Gasteiger partial charge in [0, 0.05) is 31.4 Å². The molecule has 5 rings (SSSR count). The van der Waals surface area contributed by atoms with Gasteiger partial charge in [-0.3, -0.25) is 4.79 Å². The van der Waals surface area contributed by atoms with Crippen molar-refractivity contribution in [3.8, 4) is 11.8 Å². The predicted octanol–water partition coefficient (Wildman–Crippen LogP) is 5.15. The van der Waals surface area contributed by atoms with Crippen LogP contribution in [0.15, 0.2) is 61.0 Å². The second-order valence-corrected chi connectivity index (χ2v) is 9.06. The topological polar surface area (TPSA) is 82.7 Å². The van der Waals surface area contributed by atoms with E-state index in [1.165, 1.54) is 6.20 Å². The van der Waals surface area contributed by atoms with Crippen LogP contribution in [-0.2, 0) is 0 Å². The lowest BCUT2D eigenvalue weighted by atomic mass is 9.97. The Labute approximate surface area is 198 Å². The predicted molar refractivity (Wildman–Crippen MR) is 131 cm³/mol. The minimum absolute atomic E-state index is 0.0200. The molecule has 172 valence electrons. The normalized spacial score (nSPS) is 19.4. The number of nitrogens with one attached hydrogen (secondary N) is 1. The SMILES string of the molecule is Cc1c(C(=O)N2CCCC2)cn2ncc(C#N)c(Nc3ccc(OC4(C)C=CC=CC4)cc3)c12. The second kappa shape index (κ2) is 8.71. The summed E-state index contributed by atoms with van der Waals surface area (Å²) >= 11 is 0. The van der Waals surface area contributed by atoms with Gasteiger partial charge in [0.2, 0.25) is 0 Å². The third-order valence-electron chi connectivity index (χ3n) is 6.50. The molecule has 1 N–H and O–H groups in total. The fourth-order valence-corrected chi connectivity index (χ4v) is 4.61. The molecule has 0 saturated carbocycles. The number of benzene rings is 1. The van der Waals surface area contributed by atoms with Gasteiger partial charge in [-0.25, -0.2) is 4.52 Å². The maximum Gasteiger partial charge on any atom is 0.255 e. The molecule has 0 bridgehead atoms. The molecule has 0 spiro atoms. The first kappa shape index (κ1) is 21.8. The molecule has 1 atom stereocenters. The van der Waals surface area contributed by atoms with Crippen molar-refractivity contribution in [1.82, 2.24) is 14.5 Å². The van der Waals surface area contributed by atoms with E-state index in [-0.39, 0.29) is 11.5 Å². The molecule has 1 aromatic carbocycles. The minimum Gasteiger partial charge on any atom is -0.483 e. The lowest BCUT2D eigenvalue weighted by molar-refractivity contribution is 0.0792. The number of anilines is 2. The number of hydrogen-bond acceptors (Lipinski definition) is 5. The van der Waals surface area contributed by atoms with Gasteiger partial charge in [0.25, 0.3) is 5.91 Å². The quantitative estimate of drug-likeness (QED) is 0.578. The van der Waals surface area contributed by atoms with Gasteiger partial charge < -0.3 is 15.0 Å². The molecule has 2 aromatic heterocycles. The van der Waals surface area contributed by atoms with Gasteiger partial charge in [0.15, 0.2) is 0 Å². The molecular weight excluding hydrogens is 426 g/mol. The van der Waals surface area contributed by atoms with E-state index >= 15 is 0 Å². The zero-order valence-corrected chi connectivity index (χ0v) is 19.4. The highest BCUT2D eigenvalue weighted by atomic mass is 16.5. The molecule has 7 nitrogen and oxygen atoms in total. The molecule has 0 radical (unpaired) electrons. The van der Waals surface area contributed by atoms with E-state index in [9.17, 15) is 10.1 Å². The van der Waals surface area contributed by atoms with Crippen LogP contribution >= 0.6 is 0 Å². The van der Waals surface area contributed by atoms with Crippen molar-refractivity contribution in [3.05, 3.63) is 77.7 Å². The van der Waals surface area contributed by atoms with Gasteiger partial charge in [-0.1, -0.05) is 18.2 Å². The van der Waals surface area contributed by atoms with Crippen LogP contribution in [0.4, 0.5) is 11.4 Å². The Morgan fingerprint density at radius 2 is 1.97 bits per heavy atom. The van der Waals surface area contributed by atoms with Gasteiger partial charge in [0.1, 0.15) is 17.4 Å². The zero-order valence-electron chi connectivity index (χ0n) is 19.4. The Morgan fingerprint density at radius 3 is 2.65 bits per heavy atom. The average molecular weight is 454 g/mol. The number of aromatic nitrogens is 2. The Morgan fingerprint density at radius 1 is 1.21 bits per heavy atom. The molecule has 1 aliphatic carbocycles. The number of fused-ring (bicyclic) bond motifs is 1. The van der Waals surface area contributed by atoms with Crippen LogP contribution < -0.4 is 10.1 Å². The maximum absolute atomic E-state index is 13.1. The number of nitriles is 1. The second-order valence-electron chi connectivity index (χ2n) is 9.06. The summed E-state index contributed by atoms with van der Waals surface area (Å²) in [7, 11) is 0. The monoisotopic (exact) mass is 453 g/mol. The highest BCUT2D eigenvalue weighted by molar-refractivity contribution is 6.00. The summed E-state index contributed by atoms with van der Waals surface area (Å²) in [6.45, 7) is 5.54. The van der Waals surface area contributed by atoms with Crippen molar-refractivity contribution >= 4 is 22.8 Å². The first-order valence-corrected chi connectivity index (χ1v) is 11.6. The van der Waals surface area contributed by atoms with Crippen LogP contribution in [0.3, 0.4) is 0 Å². The van der Waals surface area contributed by atoms with Gasteiger partial charge in [-0.15, -0.1) is 0 Å². The summed E-state index contributed by atoms with van der Waals surface area (Å²) in [6.07, 6.45) is 14.4. The van der Waals surface area contributed by atoms with E-state index in [1.807, 2.05) is 48.2 Å². The number of amides is 1. The number of nitrogens with zero attached hydrogens (tertiary/aromatic N) is 4. The fourth-order valence-electron chi connectivity index (χ4n) is 4.61. The summed E-state index contributed by atoms with van der Waals surface area (Å²) in [5, 5.41) is 17.5. The van der Waals surface area contributed by atoms with Crippen LogP contribution in [0.5, 0.6) is 5.75 Å². The third-order valence-corrected chi connectivity index (χ3v) is 6.50. The average Bonchev–Trinajstić information content (AvgIpc) is 3.49. The lowest BCUT2D eigenvalue weighted by Gasteiger charge is -2.28. The molecule has 3 heterocycles. The number of hydrogen-bond donors (Lipinski definition) is 1. The molecule has 1 fully saturated rings. The van der Waals surface area contributed by atoms with E-state index in [0.717, 1.165) is 54.9 Å². The number of allylic oxidation sites excluding steroid dienone is 2. The molecule has 7 heteroatoms. The molecule has 2 aliphatic rings. The smallest absolute Gasteiger partial charge is 0.255 e. The standard InChI is InChI=1S/C27H27N5O2/c1-19-23(26(33)31-14-6-7-15-31)18-32-25(19)24(20(16-28)17-29-32)30-21-8-10-22(11-9-21)34-27(2)12-4-3-5-13-27/h3-5,8-12,17-18,30H,6-7,13-15H2,1-2H3. The van der Waals surface area contributed by atoms with Crippen LogP contribution in [0.25, 0.3) is 5.52 Å². The first-order chi connectivity index (χ1) is 16.5. The van der Waals surface area contributed by atoms with E-state index < -0.39 is 0 Å². The third kappa shape index (κ3) is 4.03. The van der Waals surface area contributed by atoms with Crippen molar-refractivity contribution < 1.29 is 9.53 Å². The fraction of sp³-hybridized carbons (Fsp3) is 0.296. The Balaban J connectivity index is 1.45. The largest absolute Gasteiger partial charge is 0.483 e. The number of carbonyl (C=O) groups is 1. The molecule has 1 saturated heterocycles. The van der Waals surface area contributed by atoms with Crippen molar-refractivity contribution in [3.63, 3.8) is 0 Å². The van der Waals surface area contributed by atoms with Crippen molar-refractivity contribution in [2.75, 3.05) is 18.4 Å². The number of likely N-dealkylation sites (tertiary alicyclic amines) is 1. The first-order valence-electron chi connectivity index (χ1n) is 11.6. The van der Waals surface area contributed by atoms with Crippen LogP contribution in [-0.4, -0.2) is 39.1 Å². The summed E-state index contributed by atoms with van der Waals surface area (Å²) < 4.78 is 7.87. The van der Waals surface area contributed by atoms with Crippen molar-refractivity contribution in [1.29, 1.82) is 5.26 Å². The van der Waals surface area contributed by atoms with Crippen molar-refractivity contribution in [2.24, 2.45) is 0 Å². The van der Waals surface area contributed by atoms with Crippen LogP contribution in [0.2, 0.25) is 0 Å². The number of aryl methyl sites for hydroxylation is 1. The highest BCUT2D eigenvalue weighted by Crippen LogP contribution is 2.32. The van der Waals surface area contributed by atoms with E-state index in [1.54, 1.807) is 10.7 Å². The highest BCUT2D eigenvalue weighted by Gasteiger charge is 2.25. The molecule has 1 amide bonds. The Hall–Kier alpha value is -4.05. The zero-order chi connectivity index (χ0) is 23.7. The van der Waals surface area contributed by atoms with Gasteiger partial charge in [0.05, 0.1) is 28.5 Å². The maximum atomic E-state index is 13.1. The molecule has 3 aromatic rings. The molecule has 1 unspecified atom stereocenters. The Kier molecular flexibility index (Phi) is 5.58. The lowest BCUT2D eigenvalue weighted by Crippen LogP contribution is -2.29. The van der Waals surface area contributed by atoms with Gasteiger partial charge >= 0.3 is 0 Å². The van der Waals surface area contributed by atoms with Gasteiger partial charge in [-0.05, 0) is 62.6 Å². The van der Waals surface area contributed by atoms with E-state index in [0.29, 0.717) is 16.8 Å². The minimum atomic E-state index is -0.365. The summed E-state index contributed by atoms with van der Waals surface area (Å²) in [4.78, 5) is 15.0. The van der Waals surface area contributed by atoms with Crippen LogP contribution in [0.1, 0.15) is 47.7 Å². The molecule has 34 heavy (non-hydrogen) atoms. The van der Waals surface area contributed by atoms with E-state index in [2.05, 4.69) is 35.6 Å². The molecule has 1 aliphatic heterocycles. The Bertz CT molecular complexity index is 1340. The van der Waals surface area contributed by atoms with Gasteiger partial charge in [-0.2, -0.15) is 10.4 Å².